The first kappa shape index (κ1) is 24.9. The Morgan fingerprint density at radius 2 is 1.41 bits per heavy atom. The maximum Gasteiger partial charge on any atom is 0.306 e. The highest BCUT2D eigenvalue weighted by Gasteiger charge is 2.12. The van der Waals surface area contributed by atoms with E-state index in [0.717, 1.165) is 32.1 Å². The summed E-state index contributed by atoms with van der Waals surface area (Å²) in [5, 5.41) is 8.64. The van der Waals surface area contributed by atoms with E-state index in [1.54, 1.807) is 0 Å². The van der Waals surface area contributed by atoms with Crippen molar-refractivity contribution >= 4 is 11.9 Å². The second kappa shape index (κ2) is 18.7. The maximum atomic E-state index is 11.8. The van der Waals surface area contributed by atoms with Gasteiger partial charge in [-0.05, 0) is 51.4 Å². The molecule has 0 saturated carbocycles. The van der Waals surface area contributed by atoms with Crippen LogP contribution in [0.5, 0.6) is 0 Å². The van der Waals surface area contributed by atoms with E-state index in [0.29, 0.717) is 25.7 Å². The lowest BCUT2D eigenvalue weighted by molar-refractivity contribution is -0.149. The molecule has 0 heterocycles. The van der Waals surface area contributed by atoms with Gasteiger partial charge in [-0.25, -0.2) is 0 Å². The number of carbonyl (C=O) groups excluding carboxylic acids is 1. The van der Waals surface area contributed by atoms with Crippen LogP contribution >= 0.6 is 0 Å². The van der Waals surface area contributed by atoms with Gasteiger partial charge in [-0.1, -0.05) is 62.5 Å². The average Bonchev–Trinajstić information content (AvgIpc) is 2.64. The number of ether oxygens (including phenoxy) is 1. The van der Waals surface area contributed by atoms with Crippen molar-refractivity contribution in [1.82, 2.24) is 0 Å². The van der Waals surface area contributed by atoms with Crippen LogP contribution < -0.4 is 0 Å². The van der Waals surface area contributed by atoms with Gasteiger partial charge in [0.25, 0.3) is 0 Å². The highest BCUT2D eigenvalue weighted by atomic mass is 16.5. The van der Waals surface area contributed by atoms with Gasteiger partial charge in [0.1, 0.15) is 6.10 Å². The normalized spacial score (nSPS) is 13.3. The largest absolute Gasteiger partial charge is 0.481 e. The van der Waals surface area contributed by atoms with Crippen molar-refractivity contribution in [1.29, 1.82) is 0 Å². The van der Waals surface area contributed by atoms with Crippen LogP contribution in [0, 0.1) is 0 Å². The Morgan fingerprint density at radius 1 is 0.852 bits per heavy atom. The van der Waals surface area contributed by atoms with Crippen LogP contribution in [0.15, 0.2) is 48.6 Å². The second-order valence-corrected chi connectivity index (χ2v) is 6.35. The summed E-state index contributed by atoms with van der Waals surface area (Å²) in [7, 11) is 0. The van der Waals surface area contributed by atoms with E-state index < -0.39 is 5.97 Å². The smallest absolute Gasteiger partial charge is 0.306 e. The molecule has 0 bridgehead atoms. The molecular formula is C23H36O4. The molecule has 0 aliphatic carbocycles. The maximum absolute atomic E-state index is 11.8. The van der Waals surface area contributed by atoms with E-state index in [4.69, 9.17) is 9.84 Å². The van der Waals surface area contributed by atoms with E-state index in [-0.39, 0.29) is 18.5 Å². The molecule has 0 saturated heterocycles. The van der Waals surface area contributed by atoms with E-state index in [1.165, 1.54) is 0 Å². The van der Waals surface area contributed by atoms with Gasteiger partial charge < -0.3 is 9.84 Å². The third-order valence-electron chi connectivity index (χ3n) is 3.90. The first-order valence-electron chi connectivity index (χ1n) is 10.1. The highest BCUT2D eigenvalue weighted by molar-refractivity contribution is 5.69. The number of allylic oxidation sites excluding steroid dienone is 8. The van der Waals surface area contributed by atoms with Gasteiger partial charge in [-0.2, -0.15) is 0 Å². The Bertz CT molecular complexity index is 501. The molecule has 0 amide bonds. The Kier molecular flexibility index (Phi) is 17.2. The molecule has 152 valence electrons. The zero-order chi connectivity index (χ0) is 20.2. The summed E-state index contributed by atoms with van der Waals surface area (Å²) in [6, 6.07) is 0. The van der Waals surface area contributed by atoms with Crippen molar-refractivity contribution < 1.29 is 19.4 Å². The number of carbonyl (C=O) groups is 2. The van der Waals surface area contributed by atoms with E-state index in [9.17, 15) is 9.59 Å². The molecule has 0 aliphatic rings. The summed E-state index contributed by atoms with van der Waals surface area (Å²) >= 11 is 0. The van der Waals surface area contributed by atoms with Crippen molar-refractivity contribution in [2.45, 2.75) is 84.2 Å². The van der Waals surface area contributed by atoms with Gasteiger partial charge >= 0.3 is 11.9 Å². The number of carboxylic acids is 1. The van der Waals surface area contributed by atoms with Crippen molar-refractivity contribution in [3.63, 3.8) is 0 Å². The predicted octanol–water partition coefficient (Wildman–Crippen LogP) is 6.15. The number of esters is 1. The van der Waals surface area contributed by atoms with E-state index >= 15 is 0 Å². The Morgan fingerprint density at radius 3 is 1.93 bits per heavy atom. The van der Waals surface area contributed by atoms with Crippen LogP contribution in [-0.2, 0) is 14.3 Å². The third kappa shape index (κ3) is 18.5. The molecular weight excluding hydrogens is 340 g/mol. The molecule has 0 aliphatic heterocycles. The van der Waals surface area contributed by atoms with Gasteiger partial charge in [-0.3, -0.25) is 9.59 Å². The summed E-state index contributed by atoms with van der Waals surface area (Å²) in [5.41, 5.74) is 0. The SMILES string of the molecule is CC/C=C\C/C=C\C/C=C\C/C=C\CCC(=O)OC(CC)CCCC(=O)O. The molecule has 1 unspecified atom stereocenters. The molecule has 0 rings (SSSR count). The van der Waals surface area contributed by atoms with Crippen LogP contribution in [-0.4, -0.2) is 23.1 Å². The predicted molar refractivity (Wildman–Crippen MR) is 112 cm³/mol. The number of rotatable bonds is 16. The first-order chi connectivity index (χ1) is 13.1. The molecule has 4 heteroatoms. The van der Waals surface area contributed by atoms with E-state index in [2.05, 4.69) is 49.5 Å². The molecule has 0 aromatic rings. The summed E-state index contributed by atoms with van der Waals surface area (Å²) in [6.07, 6.45) is 23.7. The van der Waals surface area contributed by atoms with Crippen LogP contribution in [0.1, 0.15) is 78.1 Å². The standard InChI is InChI=1S/C23H36O4/c1-3-5-6-7-8-9-10-11-12-13-14-15-16-20-23(26)27-21(4-2)18-17-19-22(24)25/h5-6,8-9,11-12,14-15,21H,3-4,7,10,13,16-20H2,1-2H3,(H,24,25)/b6-5-,9-8-,12-11-,15-14-. The minimum absolute atomic E-state index is 0.121. The molecule has 0 spiro atoms. The van der Waals surface area contributed by atoms with Crippen molar-refractivity contribution in [3.05, 3.63) is 48.6 Å². The van der Waals surface area contributed by atoms with Gasteiger partial charge in [0.15, 0.2) is 0 Å². The lowest BCUT2D eigenvalue weighted by Gasteiger charge is -2.15. The van der Waals surface area contributed by atoms with Gasteiger partial charge in [0.2, 0.25) is 0 Å². The highest BCUT2D eigenvalue weighted by Crippen LogP contribution is 2.10. The fraction of sp³-hybridized carbons (Fsp3) is 0.565. The number of hydrogen-bond acceptors (Lipinski definition) is 3. The number of hydrogen-bond donors (Lipinski definition) is 1. The summed E-state index contributed by atoms with van der Waals surface area (Å²) in [6.45, 7) is 4.08. The van der Waals surface area contributed by atoms with Gasteiger partial charge in [0, 0.05) is 12.8 Å². The Balaban J connectivity index is 3.76. The van der Waals surface area contributed by atoms with Crippen molar-refractivity contribution in [2.24, 2.45) is 0 Å². The molecule has 0 aromatic heterocycles. The zero-order valence-electron chi connectivity index (χ0n) is 16.9. The molecule has 0 radical (unpaired) electrons. The third-order valence-corrected chi connectivity index (χ3v) is 3.90. The molecule has 1 atom stereocenters. The fourth-order valence-corrected chi connectivity index (χ4v) is 2.37. The minimum Gasteiger partial charge on any atom is -0.481 e. The van der Waals surface area contributed by atoms with Crippen LogP contribution in [0.2, 0.25) is 0 Å². The average molecular weight is 377 g/mol. The van der Waals surface area contributed by atoms with Crippen molar-refractivity contribution in [3.8, 4) is 0 Å². The van der Waals surface area contributed by atoms with Gasteiger partial charge in [-0.15, -0.1) is 0 Å². The van der Waals surface area contributed by atoms with E-state index in [1.807, 2.05) is 13.0 Å². The van der Waals surface area contributed by atoms with Gasteiger partial charge in [0.05, 0.1) is 0 Å². The zero-order valence-corrected chi connectivity index (χ0v) is 16.9. The molecule has 0 fully saturated rings. The Labute approximate surface area is 164 Å². The molecule has 1 N–H and O–H groups in total. The minimum atomic E-state index is -0.810. The van der Waals surface area contributed by atoms with Crippen molar-refractivity contribution in [2.75, 3.05) is 0 Å². The second-order valence-electron chi connectivity index (χ2n) is 6.35. The van der Waals surface area contributed by atoms with Crippen LogP contribution in [0.4, 0.5) is 0 Å². The topological polar surface area (TPSA) is 63.6 Å². The lowest BCUT2D eigenvalue weighted by Crippen LogP contribution is -2.17. The molecule has 4 nitrogen and oxygen atoms in total. The number of aliphatic carboxylic acids is 1. The fourth-order valence-electron chi connectivity index (χ4n) is 2.37. The van der Waals surface area contributed by atoms with Crippen LogP contribution in [0.3, 0.4) is 0 Å². The monoisotopic (exact) mass is 376 g/mol. The molecule has 27 heavy (non-hydrogen) atoms. The lowest BCUT2D eigenvalue weighted by atomic mass is 10.1. The quantitative estimate of drug-likeness (QED) is 0.259. The Hall–Kier alpha value is -2.10. The first-order valence-corrected chi connectivity index (χ1v) is 10.1. The summed E-state index contributed by atoms with van der Waals surface area (Å²) in [5.74, 6) is -1.02. The number of carboxylic acid groups (broad SMARTS) is 1. The summed E-state index contributed by atoms with van der Waals surface area (Å²) in [4.78, 5) is 22.3. The molecule has 0 aromatic carbocycles. The summed E-state index contributed by atoms with van der Waals surface area (Å²) < 4.78 is 5.40. The van der Waals surface area contributed by atoms with Crippen LogP contribution in [0.25, 0.3) is 0 Å².